The van der Waals surface area contributed by atoms with E-state index in [1.807, 2.05) is 0 Å². The number of hydrogen-bond donors (Lipinski definition) is 2. The van der Waals surface area contributed by atoms with Gasteiger partial charge in [0, 0.05) is 24.3 Å². The molecule has 1 atom stereocenters. The second-order valence-electron chi connectivity index (χ2n) is 6.30. The molecule has 12 heteroatoms. The van der Waals surface area contributed by atoms with Gasteiger partial charge in [-0.25, -0.2) is 9.11 Å². The van der Waals surface area contributed by atoms with E-state index in [4.69, 9.17) is 5.26 Å². The summed E-state index contributed by atoms with van der Waals surface area (Å²) in [5.74, 6) is -1.28. The molecule has 1 aromatic carbocycles. The van der Waals surface area contributed by atoms with Gasteiger partial charge >= 0.3 is 6.36 Å². The van der Waals surface area contributed by atoms with Crippen LogP contribution in [0.3, 0.4) is 0 Å². The van der Waals surface area contributed by atoms with E-state index >= 15 is 0 Å². The number of rotatable bonds is 6. The van der Waals surface area contributed by atoms with Crippen LogP contribution in [-0.2, 0) is 11.8 Å². The van der Waals surface area contributed by atoms with Crippen LogP contribution in [0.1, 0.15) is 23.0 Å². The summed E-state index contributed by atoms with van der Waals surface area (Å²) in [4.78, 5) is 17.2. The van der Waals surface area contributed by atoms with Crippen LogP contribution >= 0.6 is 11.9 Å². The monoisotopic (exact) mass is 453 g/mol. The number of halogens is 4. The largest absolute Gasteiger partial charge is 0.524 e. The number of nitrogens with zero attached hydrogens (tertiary/aromatic N) is 3. The van der Waals surface area contributed by atoms with Crippen molar-refractivity contribution < 1.29 is 27.1 Å². The molecule has 0 spiro atoms. The Balaban J connectivity index is 1.90. The number of carbonyl (C=O) groups excluding carboxylic acids is 1. The number of aromatic nitrogens is 2. The van der Waals surface area contributed by atoms with Gasteiger partial charge in [0.05, 0.1) is 5.56 Å². The molecule has 7 nitrogen and oxygen atoms in total. The Hall–Kier alpha value is -3.14. The fourth-order valence-electron chi connectivity index (χ4n) is 2.84. The minimum Gasteiger partial charge on any atom is -0.331 e. The number of carbonyl (C=O) groups is 1. The van der Waals surface area contributed by atoms with Crippen LogP contribution < -0.4 is 10.0 Å². The van der Waals surface area contributed by atoms with Crippen LogP contribution in [0.2, 0.25) is 0 Å². The fraction of sp³-hybridized carbons (Fsp3) is 0.211. The molecule has 31 heavy (non-hydrogen) atoms. The summed E-state index contributed by atoms with van der Waals surface area (Å²) in [6.07, 6.45) is -4.67. The molecule has 162 valence electrons. The van der Waals surface area contributed by atoms with E-state index in [2.05, 4.69) is 19.8 Å². The third-order valence-corrected chi connectivity index (χ3v) is 5.21. The second-order valence-corrected chi connectivity index (χ2v) is 7.13. The molecule has 1 amide bonds. The molecule has 0 aliphatic heterocycles. The zero-order valence-electron chi connectivity index (χ0n) is 16.1. The Morgan fingerprint density at radius 3 is 2.77 bits per heavy atom. The van der Waals surface area contributed by atoms with Crippen LogP contribution in [0.4, 0.5) is 23.2 Å². The molecule has 3 rings (SSSR count). The van der Waals surface area contributed by atoms with E-state index in [0.717, 1.165) is 18.0 Å². The van der Waals surface area contributed by atoms with Crippen LogP contribution in [0.15, 0.2) is 41.6 Å². The minimum atomic E-state index is -4.80. The molecule has 2 aromatic heterocycles. The van der Waals surface area contributed by atoms with Crippen molar-refractivity contribution in [2.75, 3.05) is 5.32 Å². The third kappa shape index (κ3) is 5.13. The van der Waals surface area contributed by atoms with Crippen LogP contribution in [0.25, 0.3) is 10.9 Å². The van der Waals surface area contributed by atoms with E-state index in [1.54, 1.807) is 25.2 Å². The van der Waals surface area contributed by atoms with Gasteiger partial charge in [-0.1, -0.05) is 0 Å². The average molecular weight is 453 g/mol. The highest BCUT2D eigenvalue weighted by Gasteiger charge is 2.32. The molecular weight excluding hydrogens is 438 g/mol. The molecule has 0 aliphatic rings. The molecule has 2 N–H and O–H groups in total. The lowest BCUT2D eigenvalue weighted by molar-refractivity contribution is -0.341. The molecule has 0 bridgehead atoms. The van der Waals surface area contributed by atoms with Gasteiger partial charge in [-0.3, -0.25) is 14.5 Å². The number of pyridine rings is 1. The first-order valence-corrected chi connectivity index (χ1v) is 9.53. The second kappa shape index (κ2) is 8.93. The Morgan fingerprint density at radius 2 is 2.10 bits per heavy atom. The van der Waals surface area contributed by atoms with Crippen molar-refractivity contribution >= 4 is 34.4 Å². The molecule has 2 heterocycles. The van der Waals surface area contributed by atoms with Crippen molar-refractivity contribution in [3.05, 3.63) is 53.6 Å². The smallest absolute Gasteiger partial charge is 0.331 e. The number of fused-ring (bicyclic) bond motifs is 1. The molecule has 0 fully saturated rings. The van der Waals surface area contributed by atoms with Crippen molar-refractivity contribution in [3.63, 3.8) is 0 Å². The van der Waals surface area contributed by atoms with E-state index < -0.39 is 24.3 Å². The summed E-state index contributed by atoms with van der Waals surface area (Å²) in [5, 5.41) is 12.4. The predicted molar refractivity (Wildman–Crippen MR) is 105 cm³/mol. The standard InChI is InChI=1S/C19H15F4N5O2S/c1-10(30-19(21,22)23)27-31-18-15-13(4-3-7-25-15)16(28(18)2)17(29)26-12-5-6-14(20)11(8-12)9-24/h3-8,10,27H,1-2H3,(H,26,29). The zero-order valence-corrected chi connectivity index (χ0v) is 16.9. The number of alkyl halides is 3. The summed E-state index contributed by atoms with van der Waals surface area (Å²) >= 11 is 0.831. The first kappa shape index (κ1) is 22.5. The maximum atomic E-state index is 13.5. The predicted octanol–water partition coefficient (Wildman–Crippen LogP) is 4.32. The van der Waals surface area contributed by atoms with E-state index in [1.165, 1.54) is 29.8 Å². The van der Waals surface area contributed by atoms with Gasteiger partial charge in [-0.05, 0) is 49.2 Å². The van der Waals surface area contributed by atoms with Crippen LogP contribution in [-0.4, -0.2) is 28.0 Å². The Morgan fingerprint density at radius 1 is 1.35 bits per heavy atom. The van der Waals surface area contributed by atoms with Crippen molar-refractivity contribution in [1.29, 1.82) is 5.26 Å². The maximum absolute atomic E-state index is 13.5. The highest BCUT2D eigenvalue weighted by Crippen LogP contribution is 2.31. The Labute approximate surface area is 178 Å². The number of nitrogens with one attached hydrogen (secondary N) is 2. The summed E-state index contributed by atoms with van der Waals surface area (Å²) in [6.45, 7) is 1.19. The molecule has 0 aliphatic carbocycles. The number of hydrogen-bond acceptors (Lipinski definition) is 6. The topological polar surface area (TPSA) is 92.0 Å². The summed E-state index contributed by atoms with van der Waals surface area (Å²) < 4.78 is 58.5. The van der Waals surface area contributed by atoms with Gasteiger partial charge in [0.15, 0.2) is 0 Å². The fourth-order valence-corrected chi connectivity index (χ4v) is 3.65. The molecule has 0 saturated heterocycles. The van der Waals surface area contributed by atoms with Crippen molar-refractivity contribution in [2.45, 2.75) is 24.5 Å². The van der Waals surface area contributed by atoms with Crippen LogP contribution in [0.5, 0.6) is 0 Å². The molecule has 0 radical (unpaired) electrons. The quantitative estimate of drug-likeness (QED) is 0.328. The Kier molecular flexibility index (Phi) is 6.49. The molecule has 1 unspecified atom stereocenters. The lowest BCUT2D eigenvalue weighted by Crippen LogP contribution is -2.30. The normalized spacial score (nSPS) is 12.5. The number of ether oxygens (including phenoxy) is 1. The lowest BCUT2D eigenvalue weighted by Gasteiger charge is -2.16. The molecular formula is C19H15F4N5O2S. The number of nitriles is 1. The van der Waals surface area contributed by atoms with Gasteiger partial charge in [0.1, 0.15) is 34.4 Å². The first-order valence-electron chi connectivity index (χ1n) is 8.72. The zero-order chi connectivity index (χ0) is 22.8. The Bertz CT molecular complexity index is 1170. The first-order chi connectivity index (χ1) is 14.6. The third-order valence-electron chi connectivity index (χ3n) is 4.10. The van der Waals surface area contributed by atoms with E-state index in [-0.39, 0.29) is 16.9 Å². The highest BCUT2D eigenvalue weighted by molar-refractivity contribution is 7.97. The number of anilines is 1. The molecule has 0 saturated carbocycles. The highest BCUT2D eigenvalue weighted by atomic mass is 32.2. The van der Waals surface area contributed by atoms with Gasteiger partial charge in [-0.2, -0.15) is 5.26 Å². The maximum Gasteiger partial charge on any atom is 0.524 e. The van der Waals surface area contributed by atoms with Gasteiger partial charge in [0.2, 0.25) is 0 Å². The van der Waals surface area contributed by atoms with Crippen molar-refractivity contribution in [1.82, 2.24) is 14.3 Å². The minimum absolute atomic E-state index is 0.180. The summed E-state index contributed by atoms with van der Waals surface area (Å²) in [6, 6.07) is 8.52. The lowest BCUT2D eigenvalue weighted by atomic mass is 10.2. The summed E-state index contributed by atoms with van der Waals surface area (Å²) in [7, 11) is 1.56. The molecule has 3 aromatic rings. The van der Waals surface area contributed by atoms with E-state index in [0.29, 0.717) is 15.9 Å². The van der Waals surface area contributed by atoms with Gasteiger partial charge < -0.3 is 9.88 Å². The average Bonchev–Trinajstić information content (AvgIpc) is 2.97. The van der Waals surface area contributed by atoms with Crippen molar-refractivity contribution in [3.8, 4) is 6.07 Å². The van der Waals surface area contributed by atoms with Gasteiger partial charge in [0.25, 0.3) is 5.91 Å². The van der Waals surface area contributed by atoms with Gasteiger partial charge in [-0.15, -0.1) is 13.2 Å². The number of benzene rings is 1. The SMILES string of the molecule is CC(NSc1c2ncccc2c(C(=O)Nc2ccc(F)c(C#N)c2)n1C)OC(F)(F)F. The van der Waals surface area contributed by atoms with Crippen molar-refractivity contribution in [2.24, 2.45) is 7.05 Å². The summed E-state index contributed by atoms with van der Waals surface area (Å²) in [5.41, 5.74) is 0.555. The number of amides is 1. The van der Waals surface area contributed by atoms with Crippen LogP contribution in [0, 0.1) is 17.1 Å². The van der Waals surface area contributed by atoms with E-state index in [9.17, 15) is 22.4 Å².